The van der Waals surface area contributed by atoms with Crippen LogP contribution in [0.5, 0.6) is 0 Å². The number of aryl methyl sites for hydroxylation is 2. The number of benzene rings is 2. The predicted octanol–water partition coefficient (Wildman–Crippen LogP) is 5.73. The molecule has 0 saturated carbocycles. The lowest BCUT2D eigenvalue weighted by atomic mass is 9.91. The summed E-state index contributed by atoms with van der Waals surface area (Å²) >= 11 is 7.72. The third kappa shape index (κ3) is 6.18. The standard InChI is InChI=1S/C34H37ClN6O5S2/c1-19-16-24-30(27(20-6-8-21(35)9-7-20)26(19)29(33(42)43)46-34(2,3)4)47-32(37-24)23-10-11-25-28(36-23)31(38-39(25)5)41-14-12-40(13-15-41)22-17-48(44,45)18-22/h6-11,16,22,29H,12-15,17-18H2,1-5H3,(H,42,43)/t29-/m0/s1. The van der Waals surface area contributed by atoms with Crippen LogP contribution in [-0.4, -0.2) is 93.5 Å². The highest BCUT2D eigenvalue weighted by Crippen LogP contribution is 2.44. The van der Waals surface area contributed by atoms with E-state index in [-0.39, 0.29) is 17.5 Å². The summed E-state index contributed by atoms with van der Waals surface area (Å²) in [5.41, 5.74) is 5.31. The third-order valence-electron chi connectivity index (χ3n) is 8.94. The van der Waals surface area contributed by atoms with Gasteiger partial charge in [0.2, 0.25) is 0 Å². The first-order valence-corrected chi connectivity index (χ1v) is 18.8. The molecule has 11 nitrogen and oxygen atoms in total. The van der Waals surface area contributed by atoms with Gasteiger partial charge in [-0.2, -0.15) is 5.10 Å². The van der Waals surface area contributed by atoms with Gasteiger partial charge < -0.3 is 14.7 Å². The fourth-order valence-corrected chi connectivity index (χ4v) is 9.37. The summed E-state index contributed by atoms with van der Waals surface area (Å²) in [6, 6.07) is 13.4. The molecular formula is C34H37ClN6O5S2. The Hall–Kier alpha value is -3.62. The monoisotopic (exact) mass is 708 g/mol. The Morgan fingerprint density at radius 1 is 1.06 bits per heavy atom. The second-order valence-electron chi connectivity index (χ2n) is 13.6. The van der Waals surface area contributed by atoms with Gasteiger partial charge in [0.05, 0.1) is 38.5 Å². The number of rotatable bonds is 7. The van der Waals surface area contributed by atoms with Crippen molar-refractivity contribution >= 4 is 65.8 Å². The lowest BCUT2D eigenvalue weighted by Crippen LogP contribution is -2.59. The summed E-state index contributed by atoms with van der Waals surface area (Å²) in [7, 11) is -0.972. The quantitative estimate of drug-likeness (QED) is 0.224. The molecule has 0 amide bonds. The maximum Gasteiger partial charge on any atom is 0.337 e. The van der Waals surface area contributed by atoms with Gasteiger partial charge in [0.25, 0.3) is 0 Å². The van der Waals surface area contributed by atoms with Crippen molar-refractivity contribution in [3.8, 4) is 21.8 Å². The van der Waals surface area contributed by atoms with E-state index in [2.05, 4.69) is 9.80 Å². The van der Waals surface area contributed by atoms with E-state index in [9.17, 15) is 18.3 Å². The summed E-state index contributed by atoms with van der Waals surface area (Å²) in [5, 5.41) is 16.5. The Kier molecular flexibility index (Phi) is 8.27. The number of piperazine rings is 1. The van der Waals surface area contributed by atoms with Crippen LogP contribution >= 0.6 is 22.9 Å². The van der Waals surface area contributed by atoms with Crippen LogP contribution in [0.25, 0.3) is 43.1 Å². The number of carbonyl (C=O) groups is 1. The van der Waals surface area contributed by atoms with Crippen LogP contribution in [0.1, 0.15) is 38.0 Å². The van der Waals surface area contributed by atoms with Gasteiger partial charge in [-0.05, 0) is 69.2 Å². The van der Waals surface area contributed by atoms with Crippen molar-refractivity contribution in [2.24, 2.45) is 7.05 Å². The van der Waals surface area contributed by atoms with E-state index in [1.54, 1.807) is 12.1 Å². The van der Waals surface area contributed by atoms with Crippen molar-refractivity contribution in [3.05, 3.63) is 58.6 Å². The summed E-state index contributed by atoms with van der Waals surface area (Å²) in [6.45, 7) is 10.4. The minimum atomic E-state index is -2.88. The van der Waals surface area contributed by atoms with E-state index in [1.807, 2.05) is 69.8 Å². The fourth-order valence-electron chi connectivity index (χ4n) is 6.65. The number of carboxylic acids is 1. The summed E-state index contributed by atoms with van der Waals surface area (Å²) in [6.07, 6.45) is -1.20. The first-order chi connectivity index (χ1) is 22.7. The highest BCUT2D eigenvalue weighted by atomic mass is 35.5. The van der Waals surface area contributed by atoms with Gasteiger partial charge in [0.1, 0.15) is 10.5 Å². The molecule has 252 valence electrons. The Labute approximate surface area is 288 Å². The molecule has 48 heavy (non-hydrogen) atoms. The van der Waals surface area contributed by atoms with Gasteiger partial charge in [-0.1, -0.05) is 23.7 Å². The molecule has 0 spiro atoms. The lowest BCUT2D eigenvalue weighted by molar-refractivity contribution is -0.160. The number of halogens is 1. The molecule has 2 fully saturated rings. The summed E-state index contributed by atoms with van der Waals surface area (Å²) in [5.74, 6) is 0.212. The second-order valence-corrected chi connectivity index (χ2v) is 17.2. The Morgan fingerprint density at radius 2 is 1.75 bits per heavy atom. The first-order valence-electron chi connectivity index (χ1n) is 15.8. The largest absolute Gasteiger partial charge is 0.479 e. The maximum atomic E-state index is 12.7. The van der Waals surface area contributed by atoms with Crippen LogP contribution in [0.2, 0.25) is 5.02 Å². The number of ether oxygens (including phenoxy) is 1. The van der Waals surface area contributed by atoms with Gasteiger partial charge in [-0.25, -0.2) is 23.2 Å². The number of pyridine rings is 1. The minimum Gasteiger partial charge on any atom is -0.479 e. The van der Waals surface area contributed by atoms with Crippen molar-refractivity contribution in [1.29, 1.82) is 0 Å². The number of thiazole rings is 1. The summed E-state index contributed by atoms with van der Waals surface area (Å²) in [4.78, 5) is 27.3. The zero-order chi connectivity index (χ0) is 34.1. The number of anilines is 1. The molecule has 0 bridgehead atoms. The number of carboxylic acid groups (broad SMARTS) is 1. The van der Waals surface area contributed by atoms with Crippen molar-refractivity contribution in [3.63, 3.8) is 0 Å². The highest BCUT2D eigenvalue weighted by Gasteiger charge is 2.39. The van der Waals surface area contributed by atoms with Gasteiger partial charge in [0.15, 0.2) is 21.8 Å². The number of nitrogens with zero attached hydrogens (tertiary/aromatic N) is 6. The van der Waals surface area contributed by atoms with Crippen molar-refractivity contribution < 1.29 is 23.1 Å². The third-order valence-corrected chi connectivity index (χ3v) is 12.1. The normalized spacial score (nSPS) is 18.0. The minimum absolute atomic E-state index is 0.106. The molecule has 3 aromatic heterocycles. The smallest absolute Gasteiger partial charge is 0.337 e. The van der Waals surface area contributed by atoms with Gasteiger partial charge >= 0.3 is 5.97 Å². The van der Waals surface area contributed by atoms with Gasteiger partial charge in [-0.3, -0.25) is 9.58 Å². The van der Waals surface area contributed by atoms with E-state index in [0.29, 0.717) is 21.3 Å². The summed E-state index contributed by atoms with van der Waals surface area (Å²) < 4.78 is 32.3. The molecule has 7 rings (SSSR count). The average molecular weight is 709 g/mol. The Balaban J connectivity index is 1.30. The molecule has 0 radical (unpaired) electrons. The molecular weight excluding hydrogens is 672 g/mol. The molecule has 2 aliphatic heterocycles. The maximum absolute atomic E-state index is 12.7. The van der Waals surface area contributed by atoms with Crippen molar-refractivity contribution in [1.82, 2.24) is 24.6 Å². The van der Waals surface area contributed by atoms with Gasteiger partial charge in [-0.15, -0.1) is 11.3 Å². The van der Waals surface area contributed by atoms with E-state index >= 15 is 0 Å². The molecule has 5 heterocycles. The molecule has 0 unspecified atom stereocenters. The number of fused-ring (bicyclic) bond motifs is 2. The topological polar surface area (TPSA) is 131 Å². The van der Waals surface area contributed by atoms with Crippen LogP contribution in [0.4, 0.5) is 5.82 Å². The number of sulfone groups is 1. The molecule has 1 N–H and O–H groups in total. The van der Waals surface area contributed by atoms with Crippen molar-refractivity contribution in [2.75, 3.05) is 42.6 Å². The van der Waals surface area contributed by atoms with Crippen LogP contribution in [0, 0.1) is 6.92 Å². The zero-order valence-corrected chi connectivity index (χ0v) is 29.8. The SMILES string of the molecule is Cc1cc2nc(-c3ccc4c(n3)c(N3CCN(C5CS(=O)(=O)C5)CC3)nn4C)sc2c(-c2ccc(Cl)cc2)c1[C@H](OC(C)(C)C)C(=O)O. The number of aromatic nitrogens is 4. The number of aliphatic carboxylic acids is 1. The molecule has 2 saturated heterocycles. The van der Waals surface area contributed by atoms with E-state index < -0.39 is 27.5 Å². The van der Waals surface area contributed by atoms with E-state index in [4.69, 9.17) is 31.4 Å². The van der Waals surface area contributed by atoms with Crippen LogP contribution < -0.4 is 4.90 Å². The zero-order valence-electron chi connectivity index (χ0n) is 27.4. The van der Waals surface area contributed by atoms with Crippen LogP contribution in [0.15, 0.2) is 42.5 Å². The van der Waals surface area contributed by atoms with Crippen LogP contribution in [0.3, 0.4) is 0 Å². The molecule has 0 aliphatic carbocycles. The molecule has 5 aromatic rings. The first kappa shape index (κ1) is 32.9. The van der Waals surface area contributed by atoms with Crippen molar-refractivity contribution in [2.45, 2.75) is 45.4 Å². The lowest BCUT2D eigenvalue weighted by Gasteiger charge is -2.42. The second kappa shape index (κ2) is 12.1. The Bertz CT molecular complexity index is 2150. The number of hydrogen-bond acceptors (Lipinski definition) is 10. The molecule has 14 heteroatoms. The highest BCUT2D eigenvalue weighted by molar-refractivity contribution is 7.92. The molecule has 1 atom stereocenters. The fraction of sp³-hybridized carbons (Fsp3) is 0.412. The number of hydrogen-bond donors (Lipinski definition) is 1. The van der Waals surface area contributed by atoms with Gasteiger partial charge in [0, 0.05) is 55.4 Å². The average Bonchev–Trinajstić information content (AvgIpc) is 3.58. The molecule has 2 aliphatic rings. The predicted molar refractivity (Wildman–Crippen MR) is 190 cm³/mol. The molecule has 2 aromatic carbocycles. The Morgan fingerprint density at radius 3 is 2.38 bits per heavy atom. The van der Waals surface area contributed by atoms with Crippen LogP contribution in [-0.2, 0) is 26.4 Å². The van der Waals surface area contributed by atoms with E-state index in [0.717, 1.165) is 69.9 Å². The van der Waals surface area contributed by atoms with E-state index in [1.165, 1.54) is 11.3 Å².